The fraction of sp³-hybridized carbons (Fsp3) is 0.641. The molecule has 15 atom stereocenters. The molecule has 0 saturated carbocycles. The van der Waals surface area contributed by atoms with Gasteiger partial charge in [0.15, 0.2) is 69.0 Å². The minimum atomic E-state index is -4.21. The maximum absolute atomic E-state index is 13.9. The van der Waals surface area contributed by atoms with E-state index in [1.54, 1.807) is 27.7 Å². The third-order valence-electron chi connectivity index (χ3n) is 23.5. The highest BCUT2D eigenvalue weighted by Crippen LogP contribution is 2.51. The average molecular weight is 2030 g/mol. The first-order valence-electron chi connectivity index (χ1n) is 86.4. The lowest BCUT2D eigenvalue weighted by Crippen LogP contribution is -2.46. The summed E-state index contributed by atoms with van der Waals surface area (Å²) in [7, 11) is -12.1. The third-order valence-corrected chi connectivity index (χ3v) is 23.5. The highest BCUT2D eigenvalue weighted by molar-refractivity contribution is 5.86. The fourth-order valence-electron chi connectivity index (χ4n) is 16.8. The molecule has 6 aromatic carbocycles. The smallest absolute Gasteiger partial charge is 0.161 e. The molecule has 141 heavy (non-hydrogen) atoms. The monoisotopic (exact) mass is 2030 g/mol. The summed E-state index contributed by atoms with van der Waals surface area (Å²) in [6, 6.07) is -21.6. The molecule has 6 saturated heterocycles. The van der Waals surface area contributed by atoms with Crippen LogP contribution in [0.4, 0.5) is 0 Å². The summed E-state index contributed by atoms with van der Waals surface area (Å²) in [6.45, 7) is -20.6. The first-order valence-corrected chi connectivity index (χ1v) is 44.4. The molecule has 774 valence electrons. The molecule has 0 N–H and O–H groups in total. The van der Waals surface area contributed by atoms with Gasteiger partial charge in [0.05, 0.1) is 130 Å². The van der Waals surface area contributed by atoms with Crippen LogP contribution in [-0.4, -0.2) is 227 Å². The van der Waals surface area contributed by atoms with Crippen LogP contribution in [0.15, 0.2) is 72.5 Å². The molecular formula is C117H168N6O18. The standard InChI is InChI=1S/3C20H29NO3.3C19H27NO3/c3*1-5-13(2)8-15-12-21-7-6-14-9-19(23-3)20(24-4)10-16(14)17(21)11-18(15)22;3*1-12(2)7-14-11-20-6-5-13-8-18(22-3)19(23-4)9-15(13)16(20)10-17(14)21/h3*9-10,13,15,17H,5-8,11-12H2,1-4H3;3*8-9,12,14,16H,5-7,10-11H2,1-4H3/i2D3,3D3,5D2,8D2,9D,10D,11D2,12D2,13D,15D;2D3,3D3,5D2,6D2,7D2,8D2,9D,10D,13D,17D;2D3,3D3,5D2,8D2,9D,10D,12D2,13D;3D3,5D2,6D2,8D,9D,10D2,14D,16D;3D3,8D,9D,10D2,11D2,14D;3D3,5D2,6D2,8D,9D,16D. The molecule has 0 radical (unpaired) electrons. The summed E-state index contributed by atoms with van der Waals surface area (Å²) in [5.41, 5.74) is -5.30. The van der Waals surface area contributed by atoms with E-state index >= 15 is 0 Å². The molecule has 12 heterocycles. The number of benzene rings is 6. The van der Waals surface area contributed by atoms with Crippen LogP contribution in [0.1, 0.15) is 397 Å². The second kappa shape index (κ2) is 50.0. The van der Waals surface area contributed by atoms with Crippen LogP contribution in [0.25, 0.3) is 0 Å². The first-order chi connectivity index (χ1) is 100. The summed E-state index contributed by atoms with van der Waals surface area (Å²) in [5, 5.41) is 0. The van der Waals surface area contributed by atoms with Crippen molar-refractivity contribution in [3.05, 3.63) is 139 Å². The van der Waals surface area contributed by atoms with Gasteiger partial charge in [0.2, 0.25) is 0 Å². The number of rotatable bonds is 27. The predicted molar refractivity (Wildman–Crippen MR) is 555 cm³/mol. The Morgan fingerprint density at radius 2 is 0.645 bits per heavy atom. The van der Waals surface area contributed by atoms with Crippen molar-refractivity contribution in [2.75, 3.05) is 163 Å². The quantitative estimate of drug-likeness (QED) is 0.0466. The Labute approximate surface area is 960 Å². The second-order valence-electron chi connectivity index (χ2n) is 34.1. The molecule has 0 aromatic heterocycles. The number of carbonyl (C=O) groups excluding carboxylic acids is 6. The number of Topliss-reactive ketones (excluding diaryl/α,β-unsaturated/α-hetero) is 6. The lowest BCUT2D eigenvalue weighted by molar-refractivity contribution is -0.130. The summed E-state index contributed by atoms with van der Waals surface area (Å²) in [5.74, 6) is -40.5. The van der Waals surface area contributed by atoms with Crippen molar-refractivity contribution < 1.29 is 201 Å². The molecule has 6 fully saturated rings. The third kappa shape index (κ3) is 25.6. The summed E-state index contributed by atoms with van der Waals surface area (Å²) < 4.78 is 753. The second-order valence-corrected chi connectivity index (χ2v) is 34.1. The van der Waals surface area contributed by atoms with E-state index in [1.165, 1.54) is 0 Å². The van der Waals surface area contributed by atoms with Crippen LogP contribution >= 0.6 is 0 Å². The van der Waals surface area contributed by atoms with E-state index in [1.807, 2.05) is 13.8 Å². The average Bonchev–Trinajstić information content (AvgIpc) is 0.653. The molecule has 0 spiro atoms. The molecule has 12 aliphatic rings. The van der Waals surface area contributed by atoms with E-state index < -0.39 is 522 Å². The summed E-state index contributed by atoms with van der Waals surface area (Å²) in [4.78, 5) is 85.1. The van der Waals surface area contributed by atoms with Crippen molar-refractivity contribution in [1.29, 1.82) is 0 Å². The number of piperidine rings is 6. The minimum absolute atomic E-state index is 0.0176. The van der Waals surface area contributed by atoms with Crippen molar-refractivity contribution in [2.24, 2.45) is 70.9 Å². The Kier molecular flexibility index (Phi) is 15.4. The molecule has 15 unspecified atom stereocenters. The fourth-order valence-corrected chi connectivity index (χ4v) is 16.8. The molecule has 24 heteroatoms. The van der Waals surface area contributed by atoms with Crippen molar-refractivity contribution in [3.63, 3.8) is 0 Å². The number of carbonyl (C=O) groups is 6. The SMILES string of the molecule is [2H]c1c(OC([2H])([2H])[2H])c(OC)c([2H])c2c1C([2H])([2H])C([2H])([2H])N1CC([2H])(CC(C)C)C(=O)C([2H])([2H])C21[2H].[2H]c1c(OC)c(OC([2H])([2H])[2H])c([2H])c2c1C1([2H])CC(=O)C(C([2H])([2H])C([2H])(C([2H])([2H])[2H])C([2H])([2H])C)CN1C([2H])([2H])C2([2H])[2H].[2H]c1c(OC)c(OC([2H])([2H])[2H])c([2H])c2c1C1([2H])CC(=O)C(CC(C)C)CN1C([2H])([2H])C2([2H])[2H].[2H]c1c2c(c([2H])c(OC)c1OC([2H])([2H])[2H])C1CC(=O)C(C([2H])([2H])C([2H])(C([2H])([2H])[2H])C([2H])([2H])C)C([2H])([2H])N1CC2.[2H]c1c2c(c([2H])c(OC)c1OC([2H])([2H])[2H])C1N(CC2)C([2H])([2H])C([2H])(C([2H])([2H])C([2H])(C([2H])([2H])[2H])C([2H])([2H])C)C(=O)C1([2H])[2H].[2H]c1c2c(c([2H])c(OC)c1OC([2H])([2H])[2H])C1N(CC2)C([2H])([2H])C([2H])(CC(C)C)C(=O)C1([2H])[2H]. The molecule has 24 nitrogen and oxygen atoms in total. The van der Waals surface area contributed by atoms with Crippen LogP contribution in [0.3, 0.4) is 0 Å². The zero-order chi connectivity index (χ0) is 175. The van der Waals surface area contributed by atoms with Gasteiger partial charge in [0.25, 0.3) is 0 Å². The van der Waals surface area contributed by atoms with Crippen LogP contribution in [-0.2, 0) is 67.1 Å². The predicted octanol–water partition coefficient (Wildman–Crippen LogP) is 20.6. The highest BCUT2D eigenvalue weighted by Gasteiger charge is 2.47. The Bertz CT molecular complexity index is 9460. The zero-order valence-electron chi connectivity index (χ0n) is 164. The largest absolute Gasteiger partial charge is 0.493 e. The summed E-state index contributed by atoms with van der Waals surface area (Å²) in [6.07, 6.45) is -42.7. The zero-order valence-corrected chi connectivity index (χ0v) is 79.8. The maximum Gasteiger partial charge on any atom is 0.161 e. The van der Waals surface area contributed by atoms with E-state index in [4.69, 9.17) is 169 Å². The van der Waals surface area contributed by atoms with Gasteiger partial charge in [0, 0.05) is 258 Å². The molecule has 0 amide bonds. The van der Waals surface area contributed by atoms with E-state index in [9.17, 15) is 31.5 Å². The molecule has 12 aliphatic heterocycles. The van der Waals surface area contributed by atoms with Gasteiger partial charge in [-0.2, -0.15) is 0 Å². The van der Waals surface area contributed by atoms with Gasteiger partial charge in [-0.15, -0.1) is 0 Å². The topological polar surface area (TPSA) is 233 Å². The normalized spacial score (nSPS) is 42.9. The van der Waals surface area contributed by atoms with Gasteiger partial charge < -0.3 is 56.8 Å². The Hall–Kier alpha value is -9.30. The molecule has 6 aromatic rings. The van der Waals surface area contributed by atoms with E-state index in [-0.39, 0.29) is 96.7 Å². The Balaban J connectivity index is 0.000000214. The number of hydrogen-bond acceptors (Lipinski definition) is 24. The van der Waals surface area contributed by atoms with E-state index in [0.29, 0.717) is 41.9 Å². The van der Waals surface area contributed by atoms with E-state index in [2.05, 4.69) is 0 Å². The van der Waals surface area contributed by atoms with Gasteiger partial charge in [-0.1, -0.05) is 102 Å². The Morgan fingerprint density at radius 3 is 1.04 bits per heavy atom. The highest BCUT2D eigenvalue weighted by atomic mass is 16.5. The number of methoxy groups -OCH3 is 12. The van der Waals surface area contributed by atoms with Crippen molar-refractivity contribution in [1.82, 2.24) is 29.4 Å². The van der Waals surface area contributed by atoms with Gasteiger partial charge in [0.1, 0.15) is 34.7 Å². The number of ether oxygens (including phenoxy) is 12. The lowest BCUT2D eigenvalue weighted by atomic mass is 9.79. The number of ketones is 6. The van der Waals surface area contributed by atoms with Crippen molar-refractivity contribution in [2.45, 2.75) is 253 Å². The number of nitrogens with zero attached hydrogens (tertiary/aromatic N) is 6. The molecular weight excluding hydrogens is 1780 g/mol. The van der Waals surface area contributed by atoms with Crippen molar-refractivity contribution >= 4 is 34.7 Å². The minimum Gasteiger partial charge on any atom is -0.493 e. The molecule has 18 rings (SSSR count). The van der Waals surface area contributed by atoms with Crippen molar-refractivity contribution in [3.8, 4) is 69.0 Å². The van der Waals surface area contributed by atoms with Gasteiger partial charge in [-0.25, -0.2) is 0 Å². The number of fused-ring (bicyclic) bond motifs is 18. The van der Waals surface area contributed by atoms with Crippen LogP contribution in [0, 0.1) is 70.9 Å². The van der Waals surface area contributed by atoms with Gasteiger partial charge in [-0.3, -0.25) is 58.2 Å². The molecule has 0 bridgehead atoms. The Morgan fingerprint density at radius 1 is 0.333 bits per heavy atom. The van der Waals surface area contributed by atoms with E-state index in [0.717, 1.165) is 57.4 Å². The lowest BCUT2D eigenvalue weighted by Gasteiger charge is -2.43. The molecule has 0 aliphatic carbocycles. The first kappa shape index (κ1) is 43.4. The number of hydrogen-bond donors (Lipinski definition) is 0. The van der Waals surface area contributed by atoms with Gasteiger partial charge >= 0.3 is 0 Å². The van der Waals surface area contributed by atoms with Crippen LogP contribution in [0.2, 0.25) is 0 Å². The summed E-state index contributed by atoms with van der Waals surface area (Å²) >= 11 is 0. The van der Waals surface area contributed by atoms with Crippen LogP contribution in [0.5, 0.6) is 69.0 Å². The maximum atomic E-state index is 13.9. The van der Waals surface area contributed by atoms with Gasteiger partial charge in [-0.05, 0) is 251 Å². The van der Waals surface area contributed by atoms with Crippen LogP contribution < -0.4 is 56.8 Å².